The molecule has 30 heavy (non-hydrogen) atoms. The molecule has 1 fully saturated rings. The number of rotatable bonds is 6. The summed E-state index contributed by atoms with van der Waals surface area (Å²) in [5.41, 5.74) is 0.357. The van der Waals surface area contributed by atoms with E-state index >= 15 is 0 Å². The van der Waals surface area contributed by atoms with Crippen LogP contribution < -0.4 is 5.32 Å². The van der Waals surface area contributed by atoms with Crippen LogP contribution in [0.1, 0.15) is 23.2 Å². The maximum Gasteiger partial charge on any atom is 0.338 e. The maximum absolute atomic E-state index is 12.8. The molecule has 0 spiro atoms. The maximum atomic E-state index is 12.8. The molecule has 0 bridgehead atoms. The second-order valence-electron chi connectivity index (χ2n) is 6.51. The molecule has 1 N–H and O–H groups in total. The Morgan fingerprint density at radius 2 is 1.63 bits per heavy atom. The number of esters is 1. The molecule has 1 saturated heterocycles. The number of ether oxygens (including phenoxy) is 1. The number of carbonyl (C=O) groups is 2. The van der Waals surface area contributed by atoms with Crippen LogP contribution in [-0.4, -0.2) is 44.3 Å². The minimum absolute atomic E-state index is 0.0100. The van der Waals surface area contributed by atoms with Gasteiger partial charge in [0, 0.05) is 18.8 Å². The first-order chi connectivity index (χ1) is 14.2. The van der Waals surface area contributed by atoms with Crippen LogP contribution in [0.15, 0.2) is 41.3 Å². The van der Waals surface area contributed by atoms with E-state index < -0.39 is 28.5 Å². The molecule has 0 aromatic heterocycles. The van der Waals surface area contributed by atoms with Crippen molar-refractivity contribution in [3.8, 4) is 0 Å². The molecule has 160 valence electrons. The molecule has 1 aliphatic heterocycles. The number of carbonyl (C=O) groups excluding carboxylic acids is 2. The lowest BCUT2D eigenvalue weighted by atomic mass is 10.2. The van der Waals surface area contributed by atoms with Crippen molar-refractivity contribution in [2.75, 3.05) is 25.0 Å². The third kappa shape index (κ3) is 5.25. The average molecular weight is 492 g/mol. The molecule has 3 rings (SSSR count). The summed E-state index contributed by atoms with van der Waals surface area (Å²) in [6.45, 7) is 0.236. The van der Waals surface area contributed by atoms with Crippen molar-refractivity contribution >= 4 is 62.4 Å². The van der Waals surface area contributed by atoms with Crippen molar-refractivity contribution in [2.24, 2.45) is 0 Å². The van der Waals surface area contributed by atoms with Gasteiger partial charge < -0.3 is 10.1 Å². The van der Waals surface area contributed by atoms with Crippen LogP contribution in [0, 0.1) is 0 Å². The van der Waals surface area contributed by atoms with Gasteiger partial charge in [-0.05, 0) is 49.2 Å². The summed E-state index contributed by atoms with van der Waals surface area (Å²) in [6.07, 6.45) is 1.54. The standard InChI is InChI=1S/C19H17Cl3N2O5S/c20-14-6-4-13(10-16(14)22)23-18(25)11-29-19(26)12-3-5-15(21)17(9-12)30(27,28)24-7-1-2-8-24/h3-6,9-10H,1-2,7-8,11H2,(H,23,25). The largest absolute Gasteiger partial charge is 0.452 e. The van der Waals surface area contributed by atoms with Gasteiger partial charge in [-0.1, -0.05) is 34.8 Å². The minimum Gasteiger partial charge on any atom is -0.452 e. The summed E-state index contributed by atoms with van der Waals surface area (Å²) in [5, 5.41) is 3.13. The van der Waals surface area contributed by atoms with Gasteiger partial charge in [-0.3, -0.25) is 4.79 Å². The summed E-state index contributed by atoms with van der Waals surface area (Å²) >= 11 is 17.8. The van der Waals surface area contributed by atoms with Gasteiger partial charge in [-0.2, -0.15) is 4.31 Å². The van der Waals surface area contributed by atoms with Gasteiger partial charge >= 0.3 is 5.97 Å². The van der Waals surface area contributed by atoms with Crippen LogP contribution in [0.25, 0.3) is 0 Å². The predicted octanol–water partition coefficient (Wildman–Crippen LogP) is 4.23. The highest BCUT2D eigenvalue weighted by atomic mass is 35.5. The van der Waals surface area contributed by atoms with E-state index in [4.69, 9.17) is 39.5 Å². The first kappa shape index (κ1) is 22.8. The third-order valence-corrected chi connectivity index (χ3v) is 7.51. The van der Waals surface area contributed by atoms with E-state index in [9.17, 15) is 18.0 Å². The second-order valence-corrected chi connectivity index (χ2v) is 9.64. The topological polar surface area (TPSA) is 92.8 Å². The van der Waals surface area contributed by atoms with Crippen molar-refractivity contribution in [2.45, 2.75) is 17.7 Å². The lowest BCUT2D eigenvalue weighted by molar-refractivity contribution is -0.119. The van der Waals surface area contributed by atoms with E-state index in [2.05, 4.69) is 5.32 Å². The van der Waals surface area contributed by atoms with Crippen LogP contribution in [0.3, 0.4) is 0 Å². The highest BCUT2D eigenvalue weighted by molar-refractivity contribution is 7.89. The smallest absolute Gasteiger partial charge is 0.338 e. The number of sulfonamides is 1. The number of benzene rings is 2. The summed E-state index contributed by atoms with van der Waals surface area (Å²) < 4.78 is 31.8. The van der Waals surface area contributed by atoms with Crippen LogP contribution in [0.2, 0.25) is 15.1 Å². The van der Waals surface area contributed by atoms with Crippen molar-refractivity contribution < 1.29 is 22.7 Å². The first-order valence-corrected chi connectivity index (χ1v) is 11.5. The molecule has 0 saturated carbocycles. The Labute approximate surface area is 188 Å². The van der Waals surface area contributed by atoms with E-state index in [1.807, 2.05) is 0 Å². The van der Waals surface area contributed by atoms with Gasteiger partial charge in [0.05, 0.1) is 20.6 Å². The zero-order valence-corrected chi connectivity index (χ0v) is 18.6. The van der Waals surface area contributed by atoms with Gasteiger partial charge in [0.2, 0.25) is 10.0 Å². The monoisotopic (exact) mass is 490 g/mol. The van der Waals surface area contributed by atoms with Gasteiger partial charge in [0.25, 0.3) is 5.91 Å². The van der Waals surface area contributed by atoms with E-state index in [1.165, 1.54) is 28.6 Å². The number of amides is 1. The van der Waals surface area contributed by atoms with Crippen molar-refractivity contribution in [1.29, 1.82) is 0 Å². The van der Waals surface area contributed by atoms with Gasteiger partial charge in [-0.25, -0.2) is 13.2 Å². The van der Waals surface area contributed by atoms with Crippen molar-refractivity contribution in [1.82, 2.24) is 4.31 Å². The molecule has 7 nitrogen and oxygen atoms in total. The van der Waals surface area contributed by atoms with Gasteiger partial charge in [0.15, 0.2) is 6.61 Å². The molecule has 0 atom stereocenters. The number of halogens is 3. The summed E-state index contributed by atoms with van der Waals surface area (Å²) in [5.74, 6) is -1.45. The Morgan fingerprint density at radius 1 is 0.967 bits per heavy atom. The number of hydrogen-bond donors (Lipinski definition) is 1. The summed E-state index contributed by atoms with van der Waals surface area (Å²) in [7, 11) is -3.81. The van der Waals surface area contributed by atoms with Crippen LogP contribution >= 0.6 is 34.8 Å². The molecule has 0 radical (unpaired) electrons. The van der Waals surface area contributed by atoms with Gasteiger partial charge in [0.1, 0.15) is 4.90 Å². The van der Waals surface area contributed by atoms with Gasteiger partial charge in [-0.15, -0.1) is 0 Å². The number of nitrogens with zero attached hydrogens (tertiary/aromatic N) is 1. The highest BCUT2D eigenvalue weighted by Crippen LogP contribution is 2.28. The molecule has 0 unspecified atom stereocenters. The fraction of sp³-hybridized carbons (Fsp3) is 0.263. The molecular weight excluding hydrogens is 475 g/mol. The highest BCUT2D eigenvalue weighted by Gasteiger charge is 2.30. The van der Waals surface area contributed by atoms with Crippen LogP contribution in [0.5, 0.6) is 0 Å². The Kier molecular flexibility index (Phi) is 7.26. The van der Waals surface area contributed by atoms with E-state index in [-0.39, 0.29) is 20.5 Å². The molecule has 1 heterocycles. The zero-order chi connectivity index (χ0) is 21.9. The molecule has 11 heteroatoms. The van der Waals surface area contributed by atoms with E-state index in [0.29, 0.717) is 23.8 Å². The van der Waals surface area contributed by atoms with Crippen molar-refractivity contribution in [3.63, 3.8) is 0 Å². The fourth-order valence-corrected chi connectivity index (χ4v) is 5.20. The lowest BCUT2D eigenvalue weighted by Gasteiger charge is -2.17. The molecule has 0 aliphatic carbocycles. The van der Waals surface area contributed by atoms with Crippen molar-refractivity contribution in [3.05, 3.63) is 57.0 Å². The van der Waals surface area contributed by atoms with E-state index in [1.54, 1.807) is 6.07 Å². The minimum atomic E-state index is -3.81. The Morgan fingerprint density at radius 3 is 2.30 bits per heavy atom. The molecular formula is C19H17Cl3N2O5S. The number of nitrogens with one attached hydrogen (secondary N) is 1. The Balaban J connectivity index is 1.66. The Hall–Kier alpha value is -1.84. The number of anilines is 1. The lowest BCUT2D eigenvalue weighted by Crippen LogP contribution is -2.28. The first-order valence-electron chi connectivity index (χ1n) is 8.90. The number of hydrogen-bond acceptors (Lipinski definition) is 5. The molecule has 1 aliphatic rings. The van der Waals surface area contributed by atoms with Crippen LogP contribution in [0.4, 0.5) is 5.69 Å². The van der Waals surface area contributed by atoms with E-state index in [0.717, 1.165) is 18.9 Å². The summed E-state index contributed by atoms with van der Waals surface area (Å²) in [6, 6.07) is 8.33. The fourth-order valence-electron chi connectivity index (χ4n) is 2.88. The summed E-state index contributed by atoms with van der Waals surface area (Å²) in [4.78, 5) is 24.2. The average Bonchev–Trinajstić information content (AvgIpc) is 3.25. The normalized spacial score (nSPS) is 14.5. The SMILES string of the molecule is O=C(COC(=O)c1ccc(Cl)c(S(=O)(=O)N2CCCC2)c1)Nc1ccc(Cl)c(Cl)c1. The zero-order valence-electron chi connectivity index (χ0n) is 15.5. The predicted molar refractivity (Wildman–Crippen MR) is 115 cm³/mol. The molecule has 2 aromatic carbocycles. The molecule has 2 aromatic rings. The third-order valence-electron chi connectivity index (χ3n) is 4.39. The Bertz CT molecular complexity index is 1090. The molecule has 1 amide bonds. The quantitative estimate of drug-likeness (QED) is 0.611. The van der Waals surface area contributed by atoms with Crippen LogP contribution in [-0.2, 0) is 19.6 Å². The second kappa shape index (κ2) is 9.53.